The van der Waals surface area contributed by atoms with Crippen LogP contribution in [0.15, 0.2) is 24.3 Å². The van der Waals surface area contributed by atoms with Crippen LogP contribution < -0.4 is 11.5 Å². The Kier molecular flexibility index (Phi) is 4.29. The van der Waals surface area contributed by atoms with Crippen LogP contribution in [0.25, 0.3) is 0 Å². The molecule has 4 aliphatic carbocycles. The Balaban J connectivity index is 1.63. The summed E-state index contributed by atoms with van der Waals surface area (Å²) in [6.07, 6.45) is 8.86. The third-order valence-electron chi connectivity index (χ3n) is 8.48. The van der Waals surface area contributed by atoms with Gasteiger partial charge < -0.3 is 21.7 Å². The van der Waals surface area contributed by atoms with E-state index in [4.69, 9.17) is 11.5 Å². The second-order valence-corrected chi connectivity index (χ2v) is 10.4. The Hall–Kier alpha value is -2.36. The smallest absolute Gasteiger partial charge is 0.141 e. The van der Waals surface area contributed by atoms with Crippen molar-refractivity contribution in [1.82, 2.24) is 0 Å². The Morgan fingerprint density at radius 3 is 1.53 bits per heavy atom. The van der Waals surface area contributed by atoms with Crippen LogP contribution in [-0.2, 0) is 23.7 Å². The highest BCUT2D eigenvalue weighted by Gasteiger charge is 2.58. The molecule has 0 unspecified atom stereocenters. The predicted molar refractivity (Wildman–Crippen MR) is 122 cm³/mol. The molecule has 4 aliphatic rings. The minimum absolute atomic E-state index is 0.120. The molecule has 0 atom stereocenters. The predicted octanol–water partition coefficient (Wildman–Crippen LogP) is 5.18. The average molecular weight is 407 g/mol. The standard InChI is InChI=1S/C26H34N2O2/c1-3-17-6-19(8-21(27)23(17)29)25-10-15-5-16(11-25)13-26(12-15,14-25)20-7-18(4-2)24(30)22(28)9-20/h6-9,15-16,29-30H,3-5,10-14,27-28H2,1-2H3. The van der Waals surface area contributed by atoms with Crippen molar-refractivity contribution in [2.45, 2.75) is 76.0 Å². The van der Waals surface area contributed by atoms with Gasteiger partial charge >= 0.3 is 0 Å². The summed E-state index contributed by atoms with van der Waals surface area (Å²) in [5.41, 5.74) is 18.3. The summed E-state index contributed by atoms with van der Waals surface area (Å²) in [4.78, 5) is 0. The fourth-order valence-electron chi connectivity index (χ4n) is 7.53. The lowest BCUT2D eigenvalue weighted by Crippen LogP contribution is -2.56. The molecule has 0 amide bonds. The lowest BCUT2D eigenvalue weighted by Gasteiger charge is -2.63. The number of benzene rings is 2. The maximum Gasteiger partial charge on any atom is 0.141 e. The number of phenols is 2. The lowest BCUT2D eigenvalue weighted by atomic mass is 9.41. The molecule has 0 spiro atoms. The average Bonchev–Trinajstić information content (AvgIpc) is 2.70. The van der Waals surface area contributed by atoms with E-state index in [2.05, 4.69) is 26.0 Å². The fraction of sp³-hybridized carbons (Fsp3) is 0.538. The third kappa shape index (κ3) is 2.72. The molecule has 2 aromatic carbocycles. The van der Waals surface area contributed by atoms with Crippen molar-refractivity contribution in [3.63, 3.8) is 0 Å². The summed E-state index contributed by atoms with van der Waals surface area (Å²) < 4.78 is 0. The first kappa shape index (κ1) is 19.6. The Morgan fingerprint density at radius 1 is 0.767 bits per heavy atom. The summed E-state index contributed by atoms with van der Waals surface area (Å²) >= 11 is 0. The Labute approximate surface area is 179 Å². The van der Waals surface area contributed by atoms with Gasteiger partial charge in [0, 0.05) is 0 Å². The molecular weight excluding hydrogens is 372 g/mol. The molecule has 4 saturated carbocycles. The van der Waals surface area contributed by atoms with Gasteiger partial charge in [0.2, 0.25) is 0 Å². The van der Waals surface area contributed by atoms with E-state index in [1.54, 1.807) is 0 Å². The van der Waals surface area contributed by atoms with Crippen molar-refractivity contribution in [3.05, 3.63) is 46.5 Å². The summed E-state index contributed by atoms with van der Waals surface area (Å²) in [6, 6.07) is 8.51. The van der Waals surface area contributed by atoms with E-state index < -0.39 is 0 Å². The van der Waals surface area contributed by atoms with E-state index in [0.29, 0.717) is 23.2 Å². The van der Waals surface area contributed by atoms with Gasteiger partial charge in [-0.25, -0.2) is 0 Å². The van der Waals surface area contributed by atoms with Gasteiger partial charge in [-0.1, -0.05) is 26.0 Å². The molecule has 4 fully saturated rings. The number of anilines is 2. The van der Waals surface area contributed by atoms with Gasteiger partial charge in [0.15, 0.2) is 0 Å². The molecule has 4 nitrogen and oxygen atoms in total. The first-order valence-electron chi connectivity index (χ1n) is 11.5. The minimum Gasteiger partial charge on any atom is -0.506 e. The number of aromatic hydroxyl groups is 2. The summed E-state index contributed by atoms with van der Waals surface area (Å²) in [6.45, 7) is 4.15. The van der Waals surface area contributed by atoms with Crippen LogP contribution >= 0.6 is 0 Å². The number of aryl methyl sites for hydroxylation is 2. The van der Waals surface area contributed by atoms with Crippen molar-refractivity contribution in [1.29, 1.82) is 0 Å². The highest BCUT2D eigenvalue weighted by Crippen LogP contribution is 2.66. The van der Waals surface area contributed by atoms with Gasteiger partial charge in [0.1, 0.15) is 11.5 Å². The highest BCUT2D eigenvalue weighted by molar-refractivity contribution is 5.61. The quantitative estimate of drug-likeness (QED) is 0.416. The normalized spacial score (nSPS) is 31.9. The van der Waals surface area contributed by atoms with Crippen LogP contribution in [0.4, 0.5) is 11.4 Å². The maximum atomic E-state index is 10.4. The zero-order valence-electron chi connectivity index (χ0n) is 18.2. The number of hydrogen-bond acceptors (Lipinski definition) is 4. The van der Waals surface area contributed by atoms with Crippen LogP contribution in [0, 0.1) is 11.8 Å². The van der Waals surface area contributed by atoms with Crippen LogP contribution in [0.1, 0.15) is 74.6 Å². The second kappa shape index (κ2) is 6.57. The van der Waals surface area contributed by atoms with Gasteiger partial charge in [0.25, 0.3) is 0 Å². The largest absolute Gasteiger partial charge is 0.506 e. The molecule has 6 N–H and O–H groups in total. The van der Waals surface area contributed by atoms with E-state index in [1.807, 2.05) is 12.1 Å². The zero-order chi connectivity index (χ0) is 21.3. The molecule has 4 heteroatoms. The Bertz CT molecular complexity index is 921. The maximum absolute atomic E-state index is 10.4. The van der Waals surface area contributed by atoms with Gasteiger partial charge in [-0.15, -0.1) is 0 Å². The second-order valence-electron chi connectivity index (χ2n) is 10.4. The van der Waals surface area contributed by atoms with E-state index in [9.17, 15) is 10.2 Å². The summed E-state index contributed by atoms with van der Waals surface area (Å²) in [5.74, 6) is 1.93. The SMILES string of the molecule is CCc1cc(C23CC4CC(C2)CC(c2cc(N)c(O)c(CC)c2)(C4)C3)cc(N)c1O. The van der Waals surface area contributed by atoms with Gasteiger partial charge in [-0.3, -0.25) is 0 Å². The number of hydrogen-bond donors (Lipinski definition) is 4. The minimum atomic E-state index is 0.120. The van der Waals surface area contributed by atoms with E-state index in [0.717, 1.165) is 30.4 Å². The molecule has 160 valence electrons. The number of phenolic OH excluding ortho intramolecular Hbond substituents is 2. The molecule has 0 radical (unpaired) electrons. The molecular formula is C26H34N2O2. The Morgan fingerprint density at radius 2 is 1.17 bits per heavy atom. The molecule has 6 rings (SSSR count). The lowest BCUT2D eigenvalue weighted by molar-refractivity contribution is -0.0281. The highest BCUT2D eigenvalue weighted by atomic mass is 16.3. The van der Waals surface area contributed by atoms with E-state index in [1.165, 1.54) is 43.2 Å². The summed E-state index contributed by atoms with van der Waals surface area (Å²) in [7, 11) is 0. The van der Waals surface area contributed by atoms with Crippen LogP contribution in [-0.4, -0.2) is 10.2 Å². The summed E-state index contributed by atoms with van der Waals surface area (Å²) in [5, 5.41) is 20.8. The first-order valence-corrected chi connectivity index (χ1v) is 11.5. The first-order chi connectivity index (χ1) is 14.3. The number of nitrogens with two attached hydrogens (primary N) is 2. The van der Waals surface area contributed by atoms with Gasteiger partial charge in [0.05, 0.1) is 11.4 Å². The van der Waals surface area contributed by atoms with Crippen molar-refractivity contribution in [2.75, 3.05) is 11.5 Å². The number of nitrogen functional groups attached to an aromatic ring is 2. The van der Waals surface area contributed by atoms with Gasteiger partial charge in [-0.05, 0) is 108 Å². The molecule has 4 bridgehead atoms. The monoisotopic (exact) mass is 406 g/mol. The zero-order valence-corrected chi connectivity index (χ0v) is 18.2. The van der Waals surface area contributed by atoms with Crippen LogP contribution in [0.5, 0.6) is 11.5 Å². The van der Waals surface area contributed by atoms with Crippen LogP contribution in [0.3, 0.4) is 0 Å². The van der Waals surface area contributed by atoms with Gasteiger partial charge in [-0.2, -0.15) is 0 Å². The third-order valence-corrected chi connectivity index (χ3v) is 8.48. The topological polar surface area (TPSA) is 92.5 Å². The fourth-order valence-corrected chi connectivity index (χ4v) is 7.53. The molecule has 0 heterocycles. The van der Waals surface area contributed by atoms with E-state index in [-0.39, 0.29) is 22.3 Å². The molecule has 30 heavy (non-hydrogen) atoms. The van der Waals surface area contributed by atoms with Crippen molar-refractivity contribution in [2.24, 2.45) is 11.8 Å². The molecule has 0 aliphatic heterocycles. The molecule has 2 aromatic rings. The van der Waals surface area contributed by atoms with E-state index >= 15 is 0 Å². The number of rotatable bonds is 4. The van der Waals surface area contributed by atoms with Crippen molar-refractivity contribution >= 4 is 11.4 Å². The van der Waals surface area contributed by atoms with Crippen LogP contribution in [0.2, 0.25) is 0 Å². The molecule has 0 saturated heterocycles. The molecule has 0 aromatic heterocycles. The van der Waals surface area contributed by atoms with Crippen molar-refractivity contribution < 1.29 is 10.2 Å². The van der Waals surface area contributed by atoms with Crippen molar-refractivity contribution in [3.8, 4) is 11.5 Å².